The highest BCUT2D eigenvalue weighted by atomic mass is 16.6. The maximum atomic E-state index is 12.0. The number of amides is 4. The van der Waals surface area contributed by atoms with E-state index in [2.05, 4.69) is 46.2 Å². The number of nitrogens with two attached hydrogens (primary N) is 1. The van der Waals surface area contributed by atoms with Crippen LogP contribution in [0.25, 0.3) is 10.4 Å². The summed E-state index contributed by atoms with van der Waals surface area (Å²) < 4.78 is 26.8. The second-order valence-corrected chi connectivity index (χ2v) is 19.5. The Morgan fingerprint density at radius 2 is 1.03 bits per heavy atom. The summed E-state index contributed by atoms with van der Waals surface area (Å²) >= 11 is 0. The second kappa shape index (κ2) is 23.8. The van der Waals surface area contributed by atoms with Crippen molar-refractivity contribution in [1.29, 1.82) is 0 Å². The van der Waals surface area contributed by atoms with Crippen LogP contribution in [0.5, 0.6) is 0 Å². The van der Waals surface area contributed by atoms with Crippen molar-refractivity contribution in [3.8, 4) is 0 Å². The molecule has 3 aromatic rings. The first kappa shape index (κ1) is 51.3. The van der Waals surface area contributed by atoms with Crippen molar-refractivity contribution in [3.63, 3.8) is 0 Å². The van der Waals surface area contributed by atoms with Crippen LogP contribution in [0.4, 0.5) is 27.0 Å². The second-order valence-electron chi connectivity index (χ2n) is 19.5. The molecule has 3 unspecified atom stereocenters. The summed E-state index contributed by atoms with van der Waals surface area (Å²) in [6.45, 7) is 15.9. The molecule has 5 aliphatic rings. The Hall–Kier alpha value is -6.08. The number of carbonyl (C=O) groups is 4. The Morgan fingerprint density at radius 1 is 0.632 bits per heavy atom. The van der Waals surface area contributed by atoms with E-state index in [0.29, 0.717) is 49.7 Å². The fraction of sp³-hybridized carbons (Fsp3) is 0.604. The summed E-state index contributed by atoms with van der Waals surface area (Å²) in [7, 11) is 0. The largest absolute Gasteiger partial charge is 0.444 e. The van der Waals surface area contributed by atoms with E-state index in [1.807, 2.05) is 71.9 Å². The summed E-state index contributed by atoms with van der Waals surface area (Å²) in [4.78, 5) is 63.6. The van der Waals surface area contributed by atoms with Crippen molar-refractivity contribution < 1.29 is 42.9 Å². The van der Waals surface area contributed by atoms with Gasteiger partial charge < -0.3 is 50.7 Å². The van der Waals surface area contributed by atoms with E-state index in [0.717, 1.165) is 98.5 Å². The van der Waals surface area contributed by atoms with E-state index in [1.54, 1.807) is 6.07 Å². The first-order chi connectivity index (χ1) is 32.4. The minimum absolute atomic E-state index is 0.0144. The Bertz CT molecular complexity index is 2270. The van der Waals surface area contributed by atoms with Gasteiger partial charge in [0.25, 0.3) is 0 Å². The standard InChI is InChI=1S/C19H27N3O4.C15H23N3O3.C14H17N5O2/c1-19(2,3)26-18(24)20-10-15-14(13-8-9-25-11-13)6-7-16(21-15)22-17(23)12-4-5-12;1-15(2,3)21-14(19)17-8-12-11(4-5-13(16)18-12)10-6-7-20-9-10;15-19-16-7-12-11(10-5-6-21-8-10)3-4-13(17-12)18-14(20)9-1-2-9/h6-7,12-13H,4-5,8-11H2,1-3H3,(H,20,24)(H,21,22,23);4-5,10H,6-9H2,1-3H3,(H2,16,18)(H,17,19);3-4,9-10H,1-2,5-8H2,(H,17,18,20). The average Bonchev–Trinajstić information content (AvgIpc) is 4.11. The summed E-state index contributed by atoms with van der Waals surface area (Å²) in [6.07, 6.45) is 5.68. The third-order valence-electron chi connectivity index (χ3n) is 11.4. The number of alkyl carbamates (subject to hydrolysis) is 2. The molecular formula is C48H67N11O9. The van der Waals surface area contributed by atoms with Gasteiger partial charge in [0.05, 0.1) is 56.5 Å². The fourth-order valence-electron chi connectivity index (χ4n) is 7.74. The van der Waals surface area contributed by atoms with E-state index < -0.39 is 23.4 Å². The van der Waals surface area contributed by atoms with Crippen molar-refractivity contribution in [2.45, 2.75) is 135 Å². The zero-order valence-corrected chi connectivity index (χ0v) is 40.1. The molecule has 6 N–H and O–H groups in total. The summed E-state index contributed by atoms with van der Waals surface area (Å²) in [6, 6.07) is 11.3. The maximum absolute atomic E-state index is 12.0. The smallest absolute Gasteiger partial charge is 0.407 e. The van der Waals surface area contributed by atoms with Crippen LogP contribution in [0.3, 0.4) is 0 Å². The van der Waals surface area contributed by atoms with Gasteiger partial charge in [-0.25, -0.2) is 24.5 Å². The minimum Gasteiger partial charge on any atom is -0.444 e. The third kappa shape index (κ3) is 16.6. The van der Waals surface area contributed by atoms with Crippen LogP contribution in [0.2, 0.25) is 0 Å². The number of hydrogen-bond acceptors (Lipinski definition) is 14. The van der Waals surface area contributed by atoms with Gasteiger partial charge in [-0.05, 0) is 127 Å². The van der Waals surface area contributed by atoms with Crippen LogP contribution in [0.15, 0.2) is 41.5 Å². The Balaban J connectivity index is 0.000000169. The van der Waals surface area contributed by atoms with Crippen LogP contribution >= 0.6 is 0 Å². The van der Waals surface area contributed by atoms with Gasteiger partial charge >= 0.3 is 12.2 Å². The number of hydrogen-bond donors (Lipinski definition) is 5. The molecule has 2 saturated carbocycles. The molecule has 8 rings (SSSR count). The van der Waals surface area contributed by atoms with Gasteiger partial charge in [-0.1, -0.05) is 23.3 Å². The number of nitrogens with one attached hydrogen (secondary N) is 4. The molecular weight excluding hydrogens is 875 g/mol. The Kier molecular flexibility index (Phi) is 17.9. The molecule has 0 aromatic carbocycles. The molecule has 3 saturated heterocycles. The fourth-order valence-corrected chi connectivity index (χ4v) is 7.74. The van der Waals surface area contributed by atoms with E-state index in [1.165, 1.54) is 0 Å². The van der Waals surface area contributed by atoms with Crippen LogP contribution in [0, 0.1) is 11.8 Å². The summed E-state index contributed by atoms with van der Waals surface area (Å²) in [5.41, 5.74) is 18.6. The maximum Gasteiger partial charge on any atom is 0.407 e. The van der Waals surface area contributed by atoms with Crippen LogP contribution in [0.1, 0.15) is 138 Å². The monoisotopic (exact) mass is 942 g/mol. The SMILES string of the molecule is CC(C)(C)OC(=O)NCc1nc(N)ccc1C1CCOC1.CC(C)(C)OC(=O)NCc1nc(NC(=O)C2CC2)ccc1C1CCOC1.[N-]=[N+]=NCc1nc(NC(=O)C2CC2)ccc1C1CCOC1. The minimum atomic E-state index is -0.556. The van der Waals surface area contributed by atoms with Gasteiger partial charge in [0.1, 0.15) is 28.7 Å². The van der Waals surface area contributed by atoms with E-state index in [-0.39, 0.29) is 48.6 Å². The molecule has 4 amide bonds. The lowest BCUT2D eigenvalue weighted by atomic mass is 9.96. The summed E-state index contributed by atoms with van der Waals surface area (Å²) in [5.74, 6) is 2.63. The molecule has 3 aromatic heterocycles. The van der Waals surface area contributed by atoms with Gasteiger partial charge in [-0.2, -0.15) is 0 Å². The summed E-state index contributed by atoms with van der Waals surface area (Å²) in [5, 5.41) is 14.8. The first-order valence-electron chi connectivity index (χ1n) is 23.5. The molecule has 368 valence electrons. The molecule has 5 fully saturated rings. The molecule has 6 heterocycles. The number of nitrogen functional groups attached to an aromatic ring is 1. The van der Waals surface area contributed by atoms with Gasteiger partial charge in [0.2, 0.25) is 11.8 Å². The number of pyridine rings is 3. The quantitative estimate of drug-likeness (QED) is 0.0620. The highest BCUT2D eigenvalue weighted by molar-refractivity contribution is 5.93. The number of aromatic nitrogens is 3. The van der Waals surface area contributed by atoms with Crippen molar-refractivity contribution in [3.05, 3.63) is 80.6 Å². The van der Waals surface area contributed by atoms with E-state index in [4.69, 9.17) is 34.9 Å². The van der Waals surface area contributed by atoms with Crippen molar-refractivity contribution >= 4 is 41.5 Å². The van der Waals surface area contributed by atoms with Crippen LogP contribution in [-0.2, 0) is 52.9 Å². The number of carbonyl (C=O) groups excluding carboxylic acids is 4. The Labute approximate surface area is 397 Å². The lowest BCUT2D eigenvalue weighted by Crippen LogP contribution is -2.32. The third-order valence-corrected chi connectivity index (χ3v) is 11.4. The van der Waals surface area contributed by atoms with Crippen molar-refractivity contribution in [2.75, 3.05) is 56.0 Å². The predicted molar refractivity (Wildman–Crippen MR) is 253 cm³/mol. The average molecular weight is 942 g/mol. The molecule has 0 spiro atoms. The number of rotatable bonds is 13. The van der Waals surface area contributed by atoms with Crippen molar-refractivity contribution in [1.82, 2.24) is 25.6 Å². The predicted octanol–water partition coefficient (Wildman–Crippen LogP) is 7.90. The van der Waals surface area contributed by atoms with Gasteiger partial charge in [-0.15, -0.1) is 0 Å². The molecule has 2 aliphatic carbocycles. The molecule has 3 aliphatic heterocycles. The lowest BCUT2D eigenvalue weighted by molar-refractivity contribution is -0.118. The highest BCUT2D eigenvalue weighted by Crippen LogP contribution is 2.34. The zero-order chi connectivity index (χ0) is 48.8. The molecule has 68 heavy (non-hydrogen) atoms. The zero-order valence-electron chi connectivity index (χ0n) is 40.1. The number of nitrogens with zero attached hydrogens (tertiary/aromatic N) is 6. The molecule has 20 heteroatoms. The first-order valence-corrected chi connectivity index (χ1v) is 23.5. The number of azide groups is 1. The van der Waals surface area contributed by atoms with Gasteiger partial charge in [0.15, 0.2) is 0 Å². The van der Waals surface area contributed by atoms with Gasteiger partial charge in [0, 0.05) is 54.3 Å². The highest BCUT2D eigenvalue weighted by Gasteiger charge is 2.32. The molecule has 3 atom stereocenters. The molecule has 0 bridgehead atoms. The number of ether oxygens (including phenoxy) is 5. The lowest BCUT2D eigenvalue weighted by Gasteiger charge is -2.20. The number of anilines is 3. The molecule has 20 nitrogen and oxygen atoms in total. The topological polar surface area (TPSA) is 276 Å². The van der Waals surface area contributed by atoms with E-state index in [9.17, 15) is 19.2 Å². The molecule has 0 radical (unpaired) electrons. The normalized spacial score (nSPS) is 19.8. The van der Waals surface area contributed by atoms with Crippen molar-refractivity contribution in [2.24, 2.45) is 17.0 Å². The van der Waals surface area contributed by atoms with E-state index >= 15 is 0 Å². The van der Waals surface area contributed by atoms with Gasteiger partial charge in [-0.3, -0.25) is 9.59 Å². The Morgan fingerprint density at radius 3 is 1.41 bits per heavy atom. The van der Waals surface area contributed by atoms with Crippen LogP contribution < -0.4 is 27.0 Å². The van der Waals surface area contributed by atoms with Crippen LogP contribution in [-0.4, -0.2) is 89.8 Å².